The van der Waals surface area contributed by atoms with Crippen LogP contribution in [0.1, 0.15) is 15.9 Å². The predicted molar refractivity (Wildman–Crippen MR) is 144 cm³/mol. The number of amides is 1. The first-order valence-corrected chi connectivity index (χ1v) is 12.1. The van der Waals surface area contributed by atoms with Crippen LogP contribution >= 0.6 is 15.9 Å². The van der Waals surface area contributed by atoms with Gasteiger partial charge in [-0.1, -0.05) is 24.3 Å². The van der Waals surface area contributed by atoms with E-state index >= 15 is 0 Å². The lowest BCUT2D eigenvalue weighted by Crippen LogP contribution is -2.26. The summed E-state index contributed by atoms with van der Waals surface area (Å²) in [6.45, 7) is 0.480. The molecule has 0 saturated carbocycles. The van der Waals surface area contributed by atoms with E-state index < -0.39 is 0 Å². The number of nitrogens with zero attached hydrogens (tertiary/aromatic N) is 1. The van der Waals surface area contributed by atoms with Crippen LogP contribution in [0.5, 0.6) is 23.0 Å². The van der Waals surface area contributed by atoms with Crippen molar-refractivity contribution in [3.8, 4) is 34.3 Å². The number of nitrogens with one attached hydrogen (secondary N) is 1. The number of carbonyl (C=O) groups excluding carboxylic acids is 1. The zero-order chi connectivity index (χ0) is 25.7. The van der Waals surface area contributed by atoms with Gasteiger partial charge in [-0.05, 0) is 64.3 Å². The van der Waals surface area contributed by atoms with Gasteiger partial charge in [0.2, 0.25) is 5.75 Å². The zero-order valence-electron chi connectivity index (χ0n) is 20.6. The van der Waals surface area contributed by atoms with Crippen LogP contribution in [0, 0.1) is 0 Å². The third-order valence-corrected chi connectivity index (χ3v) is 6.46. The molecule has 186 valence electrons. The van der Waals surface area contributed by atoms with Crippen molar-refractivity contribution in [3.05, 3.63) is 76.3 Å². The number of hydrogen-bond acceptors (Lipinski definition) is 6. The molecule has 8 heteroatoms. The van der Waals surface area contributed by atoms with Gasteiger partial charge in [-0.25, -0.2) is 4.98 Å². The summed E-state index contributed by atoms with van der Waals surface area (Å²) in [5.74, 6) is 2.12. The van der Waals surface area contributed by atoms with Gasteiger partial charge in [-0.2, -0.15) is 0 Å². The van der Waals surface area contributed by atoms with Crippen LogP contribution < -0.4 is 24.3 Å². The molecule has 1 N–H and O–H groups in total. The molecule has 0 saturated heterocycles. The summed E-state index contributed by atoms with van der Waals surface area (Å²) < 4.78 is 22.6. The average molecular weight is 551 g/mol. The van der Waals surface area contributed by atoms with Gasteiger partial charge in [0.25, 0.3) is 5.91 Å². The number of rotatable bonds is 9. The van der Waals surface area contributed by atoms with Crippen LogP contribution in [0.15, 0.2) is 65.1 Å². The molecule has 0 spiro atoms. The van der Waals surface area contributed by atoms with Crippen LogP contribution in [-0.4, -0.2) is 45.9 Å². The molecular weight excluding hydrogens is 524 g/mol. The van der Waals surface area contributed by atoms with Crippen molar-refractivity contribution in [1.82, 2.24) is 10.3 Å². The van der Waals surface area contributed by atoms with Gasteiger partial charge in [-0.15, -0.1) is 0 Å². The second kappa shape index (κ2) is 11.3. The van der Waals surface area contributed by atoms with Crippen LogP contribution in [0.2, 0.25) is 0 Å². The second-order valence-corrected chi connectivity index (χ2v) is 8.82. The maximum atomic E-state index is 13.3. The Labute approximate surface area is 218 Å². The van der Waals surface area contributed by atoms with Crippen LogP contribution in [-0.2, 0) is 6.42 Å². The van der Waals surface area contributed by atoms with Crippen molar-refractivity contribution in [2.75, 3.05) is 35.0 Å². The van der Waals surface area contributed by atoms with Gasteiger partial charge in [0, 0.05) is 17.5 Å². The Bertz CT molecular complexity index is 1380. The SMILES string of the molecule is COc1ccc(CCNC(=O)c2cc(-c3cc(OC)c(OC)c(OC)c3)nc3ccccc23)cc1Br. The molecule has 1 heterocycles. The lowest BCUT2D eigenvalue weighted by Gasteiger charge is -2.15. The predicted octanol–water partition coefficient (Wildman–Crippen LogP) is 5.67. The van der Waals surface area contributed by atoms with Gasteiger partial charge < -0.3 is 24.3 Å². The van der Waals surface area contributed by atoms with Crippen molar-refractivity contribution in [2.24, 2.45) is 0 Å². The fourth-order valence-corrected chi connectivity index (χ4v) is 4.61. The van der Waals surface area contributed by atoms with Crippen LogP contribution in [0.4, 0.5) is 0 Å². The van der Waals surface area contributed by atoms with Gasteiger partial charge >= 0.3 is 0 Å². The summed E-state index contributed by atoms with van der Waals surface area (Å²) in [5.41, 5.74) is 3.71. The summed E-state index contributed by atoms with van der Waals surface area (Å²) in [5, 5.41) is 3.82. The monoisotopic (exact) mass is 550 g/mol. The minimum atomic E-state index is -0.171. The fraction of sp³-hybridized carbons (Fsp3) is 0.214. The smallest absolute Gasteiger partial charge is 0.252 e. The molecule has 0 aliphatic heterocycles. The van der Waals surface area contributed by atoms with E-state index in [0.29, 0.717) is 47.0 Å². The Balaban J connectivity index is 1.65. The minimum Gasteiger partial charge on any atom is -0.496 e. The first kappa shape index (κ1) is 25.3. The summed E-state index contributed by atoms with van der Waals surface area (Å²) in [4.78, 5) is 18.1. The van der Waals surface area contributed by atoms with Crippen molar-refractivity contribution in [3.63, 3.8) is 0 Å². The van der Waals surface area contributed by atoms with E-state index in [9.17, 15) is 4.79 Å². The van der Waals surface area contributed by atoms with E-state index in [0.717, 1.165) is 26.7 Å². The molecule has 0 aliphatic carbocycles. The Kier molecular flexibility index (Phi) is 7.95. The third-order valence-electron chi connectivity index (χ3n) is 5.84. The highest BCUT2D eigenvalue weighted by Crippen LogP contribution is 2.41. The Morgan fingerprint density at radius 1 is 0.861 bits per heavy atom. The number of para-hydroxylation sites is 1. The van der Waals surface area contributed by atoms with E-state index in [2.05, 4.69) is 21.2 Å². The highest BCUT2D eigenvalue weighted by atomic mass is 79.9. The number of aromatic nitrogens is 1. The Hall–Kier alpha value is -3.78. The van der Waals surface area contributed by atoms with Gasteiger partial charge in [0.1, 0.15) is 5.75 Å². The van der Waals surface area contributed by atoms with Crippen molar-refractivity contribution in [1.29, 1.82) is 0 Å². The number of hydrogen-bond donors (Lipinski definition) is 1. The molecular formula is C28H27BrN2O5. The fourth-order valence-electron chi connectivity index (χ4n) is 4.02. The zero-order valence-corrected chi connectivity index (χ0v) is 22.1. The molecule has 3 aromatic carbocycles. The molecule has 0 aliphatic rings. The Morgan fingerprint density at radius 2 is 1.56 bits per heavy atom. The standard InChI is InChI=1S/C28H27BrN2O5/c1-33-24-10-9-17(13-21(24)29)11-12-30-28(32)20-16-23(31-22-8-6-5-7-19(20)22)18-14-25(34-2)27(36-4)26(15-18)35-3/h5-10,13-16H,11-12H2,1-4H3,(H,30,32). The van der Waals surface area contributed by atoms with E-state index in [1.54, 1.807) is 34.5 Å². The number of pyridine rings is 1. The number of halogens is 1. The molecule has 0 bridgehead atoms. The highest BCUT2D eigenvalue weighted by Gasteiger charge is 2.18. The van der Waals surface area contributed by atoms with Crippen LogP contribution in [0.3, 0.4) is 0 Å². The number of methoxy groups -OCH3 is 4. The first-order chi connectivity index (χ1) is 17.5. The quantitative estimate of drug-likeness (QED) is 0.289. The molecule has 0 atom stereocenters. The molecule has 1 aromatic heterocycles. The normalized spacial score (nSPS) is 10.7. The molecule has 0 unspecified atom stereocenters. The van der Waals surface area contributed by atoms with E-state index in [1.807, 2.05) is 54.6 Å². The number of carbonyl (C=O) groups is 1. The van der Waals surface area contributed by atoms with E-state index in [1.165, 1.54) is 0 Å². The molecule has 4 rings (SSSR count). The number of benzene rings is 3. The van der Waals surface area contributed by atoms with E-state index in [-0.39, 0.29) is 5.91 Å². The lowest BCUT2D eigenvalue weighted by atomic mass is 10.0. The second-order valence-electron chi connectivity index (χ2n) is 7.96. The summed E-state index contributed by atoms with van der Waals surface area (Å²) in [7, 11) is 6.32. The maximum Gasteiger partial charge on any atom is 0.252 e. The molecule has 7 nitrogen and oxygen atoms in total. The van der Waals surface area contributed by atoms with Crippen molar-refractivity contribution >= 4 is 32.7 Å². The lowest BCUT2D eigenvalue weighted by molar-refractivity contribution is 0.0955. The first-order valence-electron chi connectivity index (χ1n) is 11.3. The number of fused-ring (bicyclic) bond motifs is 1. The largest absolute Gasteiger partial charge is 0.496 e. The third kappa shape index (κ3) is 5.23. The van der Waals surface area contributed by atoms with Crippen molar-refractivity contribution in [2.45, 2.75) is 6.42 Å². The van der Waals surface area contributed by atoms with E-state index in [4.69, 9.17) is 23.9 Å². The minimum absolute atomic E-state index is 0.171. The molecule has 36 heavy (non-hydrogen) atoms. The Morgan fingerprint density at radius 3 is 2.19 bits per heavy atom. The topological polar surface area (TPSA) is 78.9 Å². The molecule has 0 fully saturated rings. The summed E-state index contributed by atoms with van der Waals surface area (Å²) in [6.07, 6.45) is 0.678. The number of ether oxygens (including phenoxy) is 4. The summed E-state index contributed by atoms with van der Waals surface area (Å²) >= 11 is 3.51. The summed E-state index contributed by atoms with van der Waals surface area (Å²) in [6, 6.07) is 18.9. The van der Waals surface area contributed by atoms with Gasteiger partial charge in [0.05, 0.1) is 49.7 Å². The molecule has 0 radical (unpaired) electrons. The van der Waals surface area contributed by atoms with Crippen molar-refractivity contribution < 1.29 is 23.7 Å². The van der Waals surface area contributed by atoms with Gasteiger partial charge in [-0.3, -0.25) is 4.79 Å². The average Bonchev–Trinajstić information content (AvgIpc) is 2.91. The molecule has 4 aromatic rings. The van der Waals surface area contributed by atoms with Crippen LogP contribution in [0.25, 0.3) is 22.2 Å². The van der Waals surface area contributed by atoms with Gasteiger partial charge in [0.15, 0.2) is 11.5 Å². The maximum absolute atomic E-state index is 13.3. The highest BCUT2D eigenvalue weighted by molar-refractivity contribution is 9.10. The molecule has 1 amide bonds.